The largest absolute Gasteiger partial charge is 0.466 e. The van der Waals surface area contributed by atoms with Crippen LogP contribution in [0.4, 0.5) is 0 Å². The molecule has 98 valence electrons. The van der Waals surface area contributed by atoms with E-state index in [1.807, 2.05) is 13.8 Å². The molecule has 4 heteroatoms. The number of hydrogen-bond donors (Lipinski definition) is 0. The lowest BCUT2D eigenvalue weighted by Crippen LogP contribution is -2.23. The Kier molecular flexibility index (Phi) is 4.28. The predicted octanol–water partition coefficient (Wildman–Crippen LogP) is 2.62. The lowest BCUT2D eigenvalue weighted by Gasteiger charge is -2.27. The first-order valence-corrected chi connectivity index (χ1v) is 6.66. The van der Waals surface area contributed by atoms with Gasteiger partial charge >= 0.3 is 5.97 Å². The molecule has 1 aliphatic rings. The van der Waals surface area contributed by atoms with Gasteiger partial charge in [-0.05, 0) is 39.5 Å². The Bertz CT molecular complexity index is 412. The van der Waals surface area contributed by atoms with Gasteiger partial charge in [-0.3, -0.25) is 14.8 Å². The van der Waals surface area contributed by atoms with Crippen molar-refractivity contribution in [1.82, 2.24) is 9.97 Å². The number of aryl methyl sites for hydroxylation is 1. The number of ether oxygens (including phenoxy) is 1. The van der Waals surface area contributed by atoms with Crippen LogP contribution in [-0.4, -0.2) is 22.5 Å². The highest BCUT2D eigenvalue weighted by molar-refractivity contribution is 5.72. The van der Waals surface area contributed by atoms with Gasteiger partial charge < -0.3 is 4.74 Å². The fourth-order valence-electron chi connectivity index (χ4n) is 2.68. The van der Waals surface area contributed by atoms with Crippen LogP contribution in [0.5, 0.6) is 0 Å². The Morgan fingerprint density at radius 3 is 2.56 bits per heavy atom. The summed E-state index contributed by atoms with van der Waals surface area (Å²) < 4.78 is 5.08. The number of hydrogen-bond acceptors (Lipinski definition) is 4. The van der Waals surface area contributed by atoms with Crippen LogP contribution in [-0.2, 0) is 9.53 Å². The van der Waals surface area contributed by atoms with Crippen LogP contribution in [0, 0.1) is 12.8 Å². The van der Waals surface area contributed by atoms with E-state index in [-0.39, 0.29) is 11.9 Å². The third-order valence-corrected chi connectivity index (χ3v) is 3.65. The van der Waals surface area contributed by atoms with E-state index in [0.29, 0.717) is 12.5 Å². The molecule has 0 unspecified atom stereocenters. The second-order valence-electron chi connectivity index (χ2n) is 4.83. The molecule has 2 rings (SSSR count). The first kappa shape index (κ1) is 13.0. The summed E-state index contributed by atoms with van der Waals surface area (Å²) in [6.07, 6.45) is 7.29. The van der Waals surface area contributed by atoms with Gasteiger partial charge in [-0.1, -0.05) is 0 Å². The molecule has 0 radical (unpaired) electrons. The number of esters is 1. The van der Waals surface area contributed by atoms with E-state index >= 15 is 0 Å². The Balaban J connectivity index is 1.95. The van der Waals surface area contributed by atoms with E-state index in [1.54, 1.807) is 12.4 Å². The van der Waals surface area contributed by atoms with Crippen LogP contribution in [0.25, 0.3) is 0 Å². The standard InChI is InChI=1S/C14H20N2O2/c1-3-18-14(17)12-6-4-11(5-7-12)13-10(2)15-8-9-16-13/h8-9,11-12H,3-7H2,1-2H3. The van der Waals surface area contributed by atoms with Gasteiger partial charge in [0.1, 0.15) is 0 Å². The average molecular weight is 248 g/mol. The molecule has 0 bridgehead atoms. The van der Waals surface area contributed by atoms with Crippen molar-refractivity contribution >= 4 is 5.97 Å². The Labute approximate surface area is 108 Å². The number of rotatable bonds is 3. The zero-order valence-electron chi connectivity index (χ0n) is 11.1. The van der Waals surface area contributed by atoms with Crippen LogP contribution < -0.4 is 0 Å². The van der Waals surface area contributed by atoms with Crippen molar-refractivity contribution in [2.75, 3.05) is 6.61 Å². The van der Waals surface area contributed by atoms with Crippen LogP contribution in [0.2, 0.25) is 0 Å². The molecule has 0 amide bonds. The van der Waals surface area contributed by atoms with Gasteiger partial charge in [-0.2, -0.15) is 0 Å². The van der Waals surface area contributed by atoms with E-state index in [0.717, 1.165) is 37.1 Å². The molecule has 1 aliphatic carbocycles. The molecule has 1 saturated carbocycles. The van der Waals surface area contributed by atoms with Crippen molar-refractivity contribution in [2.24, 2.45) is 5.92 Å². The second-order valence-corrected chi connectivity index (χ2v) is 4.83. The maximum Gasteiger partial charge on any atom is 0.308 e. The van der Waals surface area contributed by atoms with Gasteiger partial charge in [0.25, 0.3) is 0 Å². The second kappa shape index (κ2) is 5.94. The zero-order chi connectivity index (χ0) is 13.0. The molecule has 0 spiro atoms. The summed E-state index contributed by atoms with van der Waals surface area (Å²) in [5.41, 5.74) is 2.11. The molecule has 0 aromatic carbocycles. The van der Waals surface area contributed by atoms with Crippen LogP contribution in [0.3, 0.4) is 0 Å². The van der Waals surface area contributed by atoms with Crippen LogP contribution >= 0.6 is 0 Å². The SMILES string of the molecule is CCOC(=O)C1CCC(c2nccnc2C)CC1. The predicted molar refractivity (Wildman–Crippen MR) is 68.1 cm³/mol. The molecule has 0 N–H and O–H groups in total. The molecule has 0 saturated heterocycles. The van der Waals surface area contributed by atoms with E-state index < -0.39 is 0 Å². The molecule has 1 aromatic rings. The molecular formula is C14H20N2O2. The maximum atomic E-state index is 11.7. The van der Waals surface area contributed by atoms with Gasteiger partial charge in [0, 0.05) is 18.3 Å². The molecule has 18 heavy (non-hydrogen) atoms. The zero-order valence-corrected chi connectivity index (χ0v) is 11.1. The topological polar surface area (TPSA) is 52.1 Å². The van der Waals surface area contributed by atoms with E-state index in [4.69, 9.17) is 4.74 Å². The molecule has 1 fully saturated rings. The first-order valence-electron chi connectivity index (χ1n) is 6.66. The van der Waals surface area contributed by atoms with Crippen LogP contribution in [0.1, 0.15) is 49.9 Å². The molecule has 4 nitrogen and oxygen atoms in total. The number of carbonyl (C=O) groups excluding carboxylic acids is 1. The quantitative estimate of drug-likeness (QED) is 0.772. The van der Waals surface area contributed by atoms with Crippen molar-refractivity contribution < 1.29 is 9.53 Å². The average Bonchev–Trinajstić information content (AvgIpc) is 2.40. The Morgan fingerprint density at radius 2 is 1.94 bits per heavy atom. The van der Waals surface area contributed by atoms with Crippen molar-refractivity contribution in [2.45, 2.75) is 45.4 Å². The van der Waals surface area contributed by atoms with Crippen molar-refractivity contribution in [3.63, 3.8) is 0 Å². The molecular weight excluding hydrogens is 228 g/mol. The monoisotopic (exact) mass is 248 g/mol. The molecule has 1 aromatic heterocycles. The first-order chi connectivity index (χ1) is 8.72. The molecule has 1 heterocycles. The summed E-state index contributed by atoms with van der Waals surface area (Å²) in [5.74, 6) is 0.495. The summed E-state index contributed by atoms with van der Waals surface area (Å²) in [7, 11) is 0. The van der Waals surface area contributed by atoms with Gasteiger partial charge in [-0.15, -0.1) is 0 Å². The Morgan fingerprint density at radius 1 is 1.28 bits per heavy atom. The minimum absolute atomic E-state index is 0.0354. The van der Waals surface area contributed by atoms with Crippen molar-refractivity contribution in [3.05, 3.63) is 23.8 Å². The maximum absolute atomic E-state index is 11.7. The number of carbonyl (C=O) groups is 1. The molecule has 0 aliphatic heterocycles. The van der Waals surface area contributed by atoms with Gasteiger partial charge in [-0.25, -0.2) is 0 Å². The highest BCUT2D eigenvalue weighted by atomic mass is 16.5. The smallest absolute Gasteiger partial charge is 0.308 e. The van der Waals surface area contributed by atoms with E-state index in [9.17, 15) is 4.79 Å². The number of aromatic nitrogens is 2. The summed E-state index contributed by atoms with van der Waals surface area (Å²) in [6.45, 7) is 4.33. The highest BCUT2D eigenvalue weighted by Crippen LogP contribution is 2.36. The summed E-state index contributed by atoms with van der Waals surface area (Å²) in [4.78, 5) is 20.4. The third-order valence-electron chi connectivity index (χ3n) is 3.65. The highest BCUT2D eigenvalue weighted by Gasteiger charge is 2.29. The fourth-order valence-corrected chi connectivity index (χ4v) is 2.68. The fraction of sp³-hybridized carbons (Fsp3) is 0.643. The van der Waals surface area contributed by atoms with Crippen molar-refractivity contribution in [1.29, 1.82) is 0 Å². The number of nitrogens with zero attached hydrogens (tertiary/aromatic N) is 2. The van der Waals surface area contributed by atoms with Gasteiger partial charge in [0.05, 0.1) is 23.9 Å². The van der Waals surface area contributed by atoms with Gasteiger partial charge in [0.15, 0.2) is 0 Å². The summed E-state index contributed by atoms with van der Waals surface area (Å²) in [6, 6.07) is 0. The van der Waals surface area contributed by atoms with E-state index in [2.05, 4.69) is 9.97 Å². The third kappa shape index (κ3) is 2.86. The van der Waals surface area contributed by atoms with E-state index in [1.165, 1.54) is 0 Å². The molecule has 0 atom stereocenters. The lowest BCUT2D eigenvalue weighted by atomic mass is 9.80. The van der Waals surface area contributed by atoms with Crippen molar-refractivity contribution in [3.8, 4) is 0 Å². The van der Waals surface area contributed by atoms with Crippen LogP contribution in [0.15, 0.2) is 12.4 Å². The van der Waals surface area contributed by atoms with Gasteiger partial charge in [0.2, 0.25) is 0 Å². The normalized spacial score (nSPS) is 23.7. The summed E-state index contributed by atoms with van der Waals surface area (Å²) >= 11 is 0. The minimum atomic E-state index is -0.0354. The minimum Gasteiger partial charge on any atom is -0.466 e. The lowest BCUT2D eigenvalue weighted by molar-refractivity contribution is -0.149. The Hall–Kier alpha value is -1.45. The summed E-state index contributed by atoms with van der Waals surface area (Å²) in [5, 5.41) is 0.